The summed E-state index contributed by atoms with van der Waals surface area (Å²) in [7, 11) is 1.97. The molecule has 29 heavy (non-hydrogen) atoms. The van der Waals surface area contributed by atoms with Crippen LogP contribution in [0.5, 0.6) is 11.5 Å². The number of aryl methyl sites for hydroxylation is 1. The molecule has 0 radical (unpaired) electrons. The van der Waals surface area contributed by atoms with Crippen molar-refractivity contribution in [2.45, 2.75) is 13.0 Å². The van der Waals surface area contributed by atoms with Crippen LogP contribution >= 0.6 is 0 Å². The minimum atomic E-state index is -1.47. The Balaban J connectivity index is 1.90. The van der Waals surface area contributed by atoms with Gasteiger partial charge in [-0.25, -0.2) is 4.79 Å². The molecule has 3 aromatic rings. The lowest BCUT2D eigenvalue weighted by atomic mass is 9.99. The van der Waals surface area contributed by atoms with Crippen molar-refractivity contribution < 1.29 is 19.7 Å². The summed E-state index contributed by atoms with van der Waals surface area (Å²) in [6.07, 6.45) is 2.07. The number of aromatic hydroxyl groups is 1. The van der Waals surface area contributed by atoms with Crippen LogP contribution < -0.4 is 15.6 Å². The van der Waals surface area contributed by atoms with Gasteiger partial charge in [-0.15, -0.1) is 6.58 Å². The van der Waals surface area contributed by atoms with Crippen LogP contribution in [0.4, 0.5) is 0 Å². The number of carboxylic acids is 1. The van der Waals surface area contributed by atoms with E-state index in [1.54, 1.807) is 6.08 Å². The molecule has 0 bridgehead atoms. The van der Waals surface area contributed by atoms with Crippen LogP contribution in [-0.2, 0) is 20.0 Å². The van der Waals surface area contributed by atoms with Gasteiger partial charge in [-0.05, 0) is 12.1 Å². The van der Waals surface area contributed by atoms with Gasteiger partial charge in [0.2, 0.25) is 0 Å². The highest BCUT2D eigenvalue weighted by Gasteiger charge is 2.26. The number of carbonyl (C=O) groups is 1. The monoisotopic (exact) mass is 395 g/mol. The SMILES string of the molecule is C=CCNCc1cc2cc3c(cc2n1C)OCCc1c-3[nH]c(=O)c(C(=O)O)c1O. The highest BCUT2D eigenvalue weighted by molar-refractivity contribution is 5.94. The zero-order valence-corrected chi connectivity index (χ0v) is 15.9. The first-order valence-corrected chi connectivity index (χ1v) is 9.21. The minimum absolute atomic E-state index is 0.252. The second kappa shape index (κ2) is 7.14. The van der Waals surface area contributed by atoms with Crippen molar-refractivity contribution in [2.75, 3.05) is 13.2 Å². The van der Waals surface area contributed by atoms with E-state index in [4.69, 9.17) is 4.74 Å². The molecule has 3 heterocycles. The molecule has 0 amide bonds. The minimum Gasteiger partial charge on any atom is -0.506 e. The number of ether oxygens (including phenoxy) is 1. The Hall–Kier alpha value is -3.52. The molecule has 1 aliphatic rings. The van der Waals surface area contributed by atoms with E-state index >= 15 is 0 Å². The molecule has 8 heteroatoms. The van der Waals surface area contributed by atoms with Gasteiger partial charge in [0, 0.05) is 54.8 Å². The molecule has 150 valence electrons. The second-order valence-corrected chi connectivity index (χ2v) is 6.96. The van der Waals surface area contributed by atoms with Crippen LogP contribution in [-0.4, -0.2) is 38.9 Å². The number of aromatic nitrogens is 2. The number of nitrogens with one attached hydrogen (secondary N) is 2. The van der Waals surface area contributed by atoms with E-state index in [1.165, 1.54) is 0 Å². The number of hydrogen-bond donors (Lipinski definition) is 4. The predicted octanol–water partition coefficient (Wildman–Crippen LogP) is 2.15. The van der Waals surface area contributed by atoms with Crippen LogP contribution in [0.3, 0.4) is 0 Å². The number of rotatable bonds is 5. The second-order valence-electron chi connectivity index (χ2n) is 6.96. The largest absolute Gasteiger partial charge is 0.506 e. The number of hydrogen-bond acceptors (Lipinski definition) is 5. The lowest BCUT2D eigenvalue weighted by Gasteiger charge is -2.12. The summed E-state index contributed by atoms with van der Waals surface area (Å²) in [5, 5.41) is 23.9. The lowest BCUT2D eigenvalue weighted by Crippen LogP contribution is -2.20. The average molecular weight is 395 g/mol. The highest BCUT2D eigenvalue weighted by atomic mass is 16.5. The maximum absolute atomic E-state index is 12.3. The number of aromatic amines is 1. The number of fused-ring (bicyclic) bond motifs is 4. The quantitative estimate of drug-likeness (QED) is 0.389. The first-order chi connectivity index (χ1) is 13.9. The van der Waals surface area contributed by atoms with E-state index in [-0.39, 0.29) is 13.0 Å². The standard InChI is InChI=1S/C21H21N3O5/c1-3-5-22-10-12-7-11-8-14-16(9-15(11)24(12)2)29-6-4-13-18(14)23-20(26)17(19(13)25)21(27)28/h3,7-9,22H,1,4-6,10H2,2H3,(H,27,28)(H2,23,25,26). The molecule has 4 rings (SSSR count). The van der Waals surface area contributed by atoms with Gasteiger partial charge in [-0.3, -0.25) is 4.79 Å². The van der Waals surface area contributed by atoms with Crippen molar-refractivity contribution in [1.82, 2.24) is 14.9 Å². The average Bonchev–Trinajstić information content (AvgIpc) is 2.86. The Morgan fingerprint density at radius 1 is 1.41 bits per heavy atom. The Bertz CT molecular complexity index is 1210. The van der Waals surface area contributed by atoms with E-state index < -0.39 is 22.8 Å². The summed E-state index contributed by atoms with van der Waals surface area (Å²) >= 11 is 0. The lowest BCUT2D eigenvalue weighted by molar-refractivity contribution is 0.0691. The zero-order chi connectivity index (χ0) is 20.7. The summed E-state index contributed by atoms with van der Waals surface area (Å²) in [6.45, 7) is 5.31. The molecule has 0 saturated carbocycles. The van der Waals surface area contributed by atoms with Crippen molar-refractivity contribution in [3.8, 4) is 22.8 Å². The number of nitrogens with zero attached hydrogens (tertiary/aromatic N) is 1. The molecule has 0 unspecified atom stereocenters. The number of benzene rings is 1. The molecule has 4 N–H and O–H groups in total. The molecule has 2 aromatic heterocycles. The molecule has 0 atom stereocenters. The third-order valence-corrected chi connectivity index (χ3v) is 5.22. The maximum Gasteiger partial charge on any atom is 0.345 e. The summed E-state index contributed by atoms with van der Waals surface area (Å²) in [6, 6.07) is 5.83. The van der Waals surface area contributed by atoms with Crippen molar-refractivity contribution in [1.29, 1.82) is 0 Å². The van der Waals surface area contributed by atoms with Crippen molar-refractivity contribution in [2.24, 2.45) is 7.05 Å². The molecule has 0 fully saturated rings. The van der Waals surface area contributed by atoms with Gasteiger partial charge >= 0.3 is 5.97 Å². The van der Waals surface area contributed by atoms with Crippen molar-refractivity contribution >= 4 is 16.9 Å². The fourth-order valence-electron chi connectivity index (χ4n) is 3.77. The van der Waals surface area contributed by atoms with E-state index in [2.05, 4.69) is 21.4 Å². The number of aromatic carboxylic acids is 1. The van der Waals surface area contributed by atoms with Gasteiger partial charge in [0.05, 0.1) is 17.8 Å². The fourth-order valence-corrected chi connectivity index (χ4v) is 3.77. The maximum atomic E-state index is 12.3. The molecule has 0 saturated heterocycles. The van der Waals surface area contributed by atoms with Gasteiger partial charge in [0.15, 0.2) is 5.56 Å². The first kappa shape index (κ1) is 18.8. The Morgan fingerprint density at radius 2 is 2.21 bits per heavy atom. The van der Waals surface area contributed by atoms with Crippen LogP contribution in [0.15, 0.2) is 35.6 Å². The summed E-state index contributed by atoms with van der Waals surface area (Å²) < 4.78 is 7.94. The summed E-state index contributed by atoms with van der Waals surface area (Å²) in [4.78, 5) is 26.3. The number of H-pyrrole nitrogens is 1. The molecule has 8 nitrogen and oxygen atoms in total. The molecule has 1 aromatic carbocycles. The summed E-state index contributed by atoms with van der Waals surface area (Å²) in [5.74, 6) is -1.40. The van der Waals surface area contributed by atoms with Crippen molar-refractivity contribution in [3.05, 3.63) is 58.0 Å². The molecule has 1 aliphatic heterocycles. The first-order valence-electron chi connectivity index (χ1n) is 9.21. The highest BCUT2D eigenvalue weighted by Crippen LogP contribution is 2.40. The Labute approximate surface area is 166 Å². The molecular formula is C21H21N3O5. The Kier molecular flexibility index (Phi) is 4.63. The normalized spacial score (nSPS) is 12.7. The molecule has 0 aliphatic carbocycles. The van der Waals surface area contributed by atoms with Crippen LogP contribution in [0.1, 0.15) is 21.6 Å². The van der Waals surface area contributed by atoms with E-state index in [0.717, 1.165) is 16.6 Å². The smallest absolute Gasteiger partial charge is 0.345 e. The van der Waals surface area contributed by atoms with E-state index in [1.807, 2.05) is 25.2 Å². The fraction of sp³-hybridized carbons (Fsp3) is 0.238. The van der Waals surface area contributed by atoms with Gasteiger partial charge in [0.25, 0.3) is 5.56 Å². The number of pyridine rings is 1. The summed E-state index contributed by atoms with van der Waals surface area (Å²) in [5.41, 5.74) is 1.92. The Morgan fingerprint density at radius 3 is 2.93 bits per heavy atom. The third-order valence-electron chi connectivity index (χ3n) is 5.22. The topological polar surface area (TPSA) is 117 Å². The zero-order valence-electron chi connectivity index (χ0n) is 15.9. The van der Waals surface area contributed by atoms with Gasteiger partial charge in [0.1, 0.15) is 11.5 Å². The van der Waals surface area contributed by atoms with E-state index in [9.17, 15) is 19.8 Å². The predicted molar refractivity (Wildman–Crippen MR) is 109 cm³/mol. The van der Waals surface area contributed by atoms with Gasteiger partial charge in [-0.2, -0.15) is 0 Å². The van der Waals surface area contributed by atoms with Crippen LogP contribution in [0.25, 0.3) is 22.2 Å². The van der Waals surface area contributed by atoms with Gasteiger partial charge < -0.3 is 29.8 Å². The van der Waals surface area contributed by atoms with Crippen LogP contribution in [0.2, 0.25) is 0 Å². The third kappa shape index (κ3) is 3.07. The molecular weight excluding hydrogens is 374 g/mol. The van der Waals surface area contributed by atoms with Crippen molar-refractivity contribution in [3.63, 3.8) is 0 Å². The molecule has 0 spiro atoms. The number of carboxylic acid groups (broad SMARTS) is 1. The van der Waals surface area contributed by atoms with E-state index in [0.29, 0.717) is 35.7 Å². The van der Waals surface area contributed by atoms with Crippen LogP contribution in [0, 0.1) is 0 Å². The van der Waals surface area contributed by atoms with Gasteiger partial charge in [-0.1, -0.05) is 6.08 Å².